The Balaban J connectivity index is 1.53. The molecule has 1 amide bonds. The summed E-state index contributed by atoms with van der Waals surface area (Å²) in [5.41, 5.74) is 10.2. The van der Waals surface area contributed by atoms with Gasteiger partial charge in [0.1, 0.15) is 6.04 Å². The Bertz CT molecular complexity index is 846. The molecular formula is C23H30N4O. The highest BCUT2D eigenvalue weighted by Gasteiger charge is 2.42. The number of nitrogens with zero attached hydrogens (tertiary/aromatic N) is 3. The van der Waals surface area contributed by atoms with Crippen LogP contribution in [0.4, 0.5) is 0 Å². The van der Waals surface area contributed by atoms with Crippen LogP contribution in [0.15, 0.2) is 36.0 Å². The lowest BCUT2D eigenvalue weighted by atomic mass is 9.81. The van der Waals surface area contributed by atoms with Crippen LogP contribution < -0.4 is 5.73 Å². The van der Waals surface area contributed by atoms with Crippen molar-refractivity contribution >= 4 is 23.3 Å². The van der Waals surface area contributed by atoms with E-state index in [9.17, 15) is 4.79 Å². The minimum atomic E-state index is -0.244. The van der Waals surface area contributed by atoms with Crippen LogP contribution in [0.25, 0.3) is 11.1 Å². The molecule has 3 heterocycles. The van der Waals surface area contributed by atoms with Gasteiger partial charge in [0.15, 0.2) is 0 Å². The molecule has 0 spiro atoms. The predicted molar refractivity (Wildman–Crippen MR) is 114 cm³/mol. The van der Waals surface area contributed by atoms with E-state index in [2.05, 4.69) is 35.6 Å². The van der Waals surface area contributed by atoms with Crippen molar-refractivity contribution in [3.63, 3.8) is 0 Å². The van der Waals surface area contributed by atoms with Gasteiger partial charge in [-0.05, 0) is 43.7 Å². The molecule has 4 rings (SSSR count). The van der Waals surface area contributed by atoms with Gasteiger partial charge in [-0.2, -0.15) is 0 Å². The summed E-state index contributed by atoms with van der Waals surface area (Å²) < 4.78 is 0. The molecule has 2 fully saturated rings. The number of carbonyl (C=O) groups excluding carboxylic acids is 1. The quantitative estimate of drug-likeness (QED) is 0.825. The van der Waals surface area contributed by atoms with Gasteiger partial charge in [0.2, 0.25) is 5.91 Å². The molecule has 1 saturated carbocycles. The van der Waals surface area contributed by atoms with Crippen molar-refractivity contribution in [3.05, 3.63) is 42.2 Å². The smallest absolute Gasteiger partial charge is 0.224 e. The molecule has 5 heteroatoms. The molecule has 0 radical (unpaired) electrons. The number of carbonyl (C=O) groups is 1. The number of aromatic nitrogens is 1. The van der Waals surface area contributed by atoms with Gasteiger partial charge in [0.05, 0.1) is 5.69 Å². The third-order valence-electron chi connectivity index (χ3n) is 6.26. The Morgan fingerprint density at radius 3 is 2.82 bits per heavy atom. The molecule has 0 aromatic carbocycles. The van der Waals surface area contributed by atoms with Crippen LogP contribution in [0.3, 0.4) is 0 Å². The fourth-order valence-corrected chi connectivity index (χ4v) is 4.32. The average Bonchev–Trinajstić information content (AvgIpc) is 3.60. The van der Waals surface area contributed by atoms with Gasteiger partial charge in [-0.25, -0.2) is 0 Å². The zero-order valence-electron chi connectivity index (χ0n) is 16.9. The van der Waals surface area contributed by atoms with Crippen molar-refractivity contribution in [2.75, 3.05) is 13.1 Å². The molecule has 3 aliphatic rings. The predicted octanol–water partition coefficient (Wildman–Crippen LogP) is 3.32. The van der Waals surface area contributed by atoms with Gasteiger partial charge < -0.3 is 10.6 Å². The van der Waals surface area contributed by atoms with E-state index in [0.29, 0.717) is 12.3 Å². The van der Waals surface area contributed by atoms with Crippen molar-refractivity contribution in [3.8, 4) is 0 Å². The van der Waals surface area contributed by atoms with E-state index in [1.807, 2.05) is 30.3 Å². The summed E-state index contributed by atoms with van der Waals surface area (Å²) in [6, 6.07) is 4.21. The van der Waals surface area contributed by atoms with Crippen molar-refractivity contribution in [2.24, 2.45) is 22.6 Å². The number of pyridine rings is 1. The molecule has 2 N–H and O–H groups in total. The van der Waals surface area contributed by atoms with Crippen LogP contribution in [0.5, 0.6) is 0 Å². The van der Waals surface area contributed by atoms with Gasteiger partial charge in [0, 0.05) is 54.5 Å². The Kier molecular flexibility index (Phi) is 4.96. The van der Waals surface area contributed by atoms with Gasteiger partial charge >= 0.3 is 0 Å². The minimum absolute atomic E-state index is 0.147. The largest absolute Gasteiger partial charge is 0.342 e. The second-order valence-corrected chi connectivity index (χ2v) is 8.79. The second-order valence-electron chi connectivity index (χ2n) is 8.79. The summed E-state index contributed by atoms with van der Waals surface area (Å²) in [7, 11) is 0. The standard InChI is InChI=1S/C23H30N4O/c1-4-18(20-12-26-20)22-19(6-5-9-25-22)16(3)17-10-15(2)13-27(14-17)21(28)11-23(24)7-8-23/h4-6,9,12,15,17,20H,3,7-8,10-11,13-14,24H2,1-2H3/b18-4-/t15-,17+,20?/m1/s1. The number of likely N-dealkylation sites (tertiary alicyclic amines) is 1. The van der Waals surface area contributed by atoms with Gasteiger partial charge in [-0.15, -0.1) is 0 Å². The van der Waals surface area contributed by atoms with E-state index in [1.165, 1.54) is 0 Å². The monoisotopic (exact) mass is 378 g/mol. The highest BCUT2D eigenvalue weighted by molar-refractivity contribution is 5.97. The lowest BCUT2D eigenvalue weighted by Crippen LogP contribution is -2.45. The molecular weight excluding hydrogens is 348 g/mol. The summed E-state index contributed by atoms with van der Waals surface area (Å²) in [5.74, 6) is 0.874. The molecule has 0 bridgehead atoms. The van der Waals surface area contributed by atoms with E-state index in [1.54, 1.807) is 0 Å². The maximum atomic E-state index is 12.8. The highest BCUT2D eigenvalue weighted by atomic mass is 16.2. The molecule has 1 saturated heterocycles. The van der Waals surface area contributed by atoms with Gasteiger partial charge in [-0.1, -0.05) is 25.6 Å². The Morgan fingerprint density at radius 2 is 2.18 bits per heavy atom. The van der Waals surface area contributed by atoms with Crippen LogP contribution in [0.1, 0.15) is 50.8 Å². The zero-order chi connectivity index (χ0) is 19.9. The second kappa shape index (κ2) is 7.28. The first-order valence-electron chi connectivity index (χ1n) is 10.3. The minimum Gasteiger partial charge on any atom is -0.342 e. The Labute approximate surface area is 167 Å². The molecule has 5 nitrogen and oxygen atoms in total. The summed E-state index contributed by atoms with van der Waals surface area (Å²) in [5, 5.41) is 0. The first kappa shape index (κ1) is 19.1. The number of allylic oxidation sites excluding steroid dienone is 1. The van der Waals surface area contributed by atoms with Crippen molar-refractivity contribution in [2.45, 2.75) is 51.1 Å². The summed E-state index contributed by atoms with van der Waals surface area (Å²) in [6.07, 6.45) is 9.30. The van der Waals surface area contributed by atoms with Crippen LogP contribution in [-0.4, -0.2) is 46.7 Å². The molecule has 1 aromatic rings. The van der Waals surface area contributed by atoms with Gasteiger partial charge in [-0.3, -0.25) is 14.8 Å². The molecule has 148 valence electrons. The van der Waals surface area contributed by atoms with Crippen LogP contribution >= 0.6 is 0 Å². The van der Waals surface area contributed by atoms with E-state index >= 15 is 0 Å². The zero-order valence-corrected chi connectivity index (χ0v) is 16.9. The SMILES string of the molecule is C=C(c1cccnc1/C(=C\C)C1C=N1)[C@H]1C[C@@H](C)CN(C(=O)CC2(N)CC2)C1. The lowest BCUT2D eigenvalue weighted by Gasteiger charge is -2.38. The number of rotatable bonds is 6. The maximum Gasteiger partial charge on any atom is 0.224 e. The number of aliphatic imine (C=N–C) groups is 1. The van der Waals surface area contributed by atoms with Crippen LogP contribution in [-0.2, 0) is 4.79 Å². The molecule has 1 unspecified atom stereocenters. The lowest BCUT2D eigenvalue weighted by molar-refractivity contribution is -0.134. The van der Waals surface area contributed by atoms with E-state index in [4.69, 9.17) is 5.73 Å². The van der Waals surface area contributed by atoms with Gasteiger partial charge in [0.25, 0.3) is 0 Å². The number of amides is 1. The topological polar surface area (TPSA) is 71.6 Å². The number of hydrogen-bond acceptors (Lipinski definition) is 4. The van der Waals surface area contributed by atoms with Crippen LogP contribution in [0.2, 0.25) is 0 Å². The molecule has 1 aromatic heterocycles. The summed E-state index contributed by atoms with van der Waals surface area (Å²) >= 11 is 0. The average molecular weight is 379 g/mol. The first-order chi connectivity index (χ1) is 13.4. The molecule has 1 aliphatic carbocycles. The Morgan fingerprint density at radius 1 is 1.43 bits per heavy atom. The summed E-state index contributed by atoms with van der Waals surface area (Å²) in [6.45, 7) is 10.2. The van der Waals surface area contributed by atoms with Crippen molar-refractivity contribution in [1.82, 2.24) is 9.88 Å². The fraction of sp³-hybridized carbons (Fsp3) is 0.522. The highest BCUT2D eigenvalue weighted by Crippen LogP contribution is 2.39. The molecule has 3 atom stereocenters. The third-order valence-corrected chi connectivity index (χ3v) is 6.26. The number of hydrogen-bond donors (Lipinski definition) is 1. The van der Waals surface area contributed by atoms with Crippen LogP contribution in [0, 0.1) is 11.8 Å². The van der Waals surface area contributed by atoms with E-state index in [-0.39, 0.29) is 23.4 Å². The Hall–Kier alpha value is -2.27. The summed E-state index contributed by atoms with van der Waals surface area (Å²) in [4.78, 5) is 23.8. The van der Waals surface area contributed by atoms with Crippen molar-refractivity contribution in [1.29, 1.82) is 0 Å². The van der Waals surface area contributed by atoms with Crippen molar-refractivity contribution < 1.29 is 4.79 Å². The maximum absolute atomic E-state index is 12.8. The first-order valence-corrected chi connectivity index (χ1v) is 10.3. The molecule has 2 aliphatic heterocycles. The van der Waals surface area contributed by atoms with E-state index in [0.717, 1.165) is 54.8 Å². The number of nitrogens with two attached hydrogens (primary N) is 1. The van der Waals surface area contributed by atoms with E-state index < -0.39 is 0 Å². The molecule has 28 heavy (non-hydrogen) atoms. The number of piperidine rings is 1. The third kappa shape index (κ3) is 3.95. The fourth-order valence-electron chi connectivity index (χ4n) is 4.32. The normalized spacial score (nSPS) is 28.2.